The predicted octanol–water partition coefficient (Wildman–Crippen LogP) is 2.98. The SMILES string of the molecule is NC(=O)CCC1CCCN(CC(=O)Nc2ccc(N3CCCCCC3)cc2)C1. The third-order valence-electron chi connectivity index (χ3n) is 5.89. The molecule has 1 atom stereocenters. The number of benzene rings is 1. The topological polar surface area (TPSA) is 78.7 Å². The molecule has 0 spiro atoms. The molecule has 6 nitrogen and oxygen atoms in total. The normalized spacial score (nSPS) is 21.1. The number of anilines is 2. The fraction of sp³-hybridized carbons (Fsp3) is 0.636. The van der Waals surface area contributed by atoms with Gasteiger partial charge in [-0.1, -0.05) is 12.8 Å². The Balaban J connectivity index is 1.45. The average Bonchev–Trinajstić information content (AvgIpc) is 2.97. The Morgan fingerprint density at radius 1 is 1.00 bits per heavy atom. The van der Waals surface area contributed by atoms with Gasteiger partial charge in [-0.15, -0.1) is 0 Å². The van der Waals surface area contributed by atoms with Crippen LogP contribution in [0.1, 0.15) is 51.4 Å². The van der Waals surface area contributed by atoms with E-state index < -0.39 is 0 Å². The van der Waals surface area contributed by atoms with Crippen molar-refractivity contribution in [1.82, 2.24) is 4.90 Å². The number of hydrogen-bond acceptors (Lipinski definition) is 4. The van der Waals surface area contributed by atoms with Crippen LogP contribution in [0.3, 0.4) is 0 Å². The number of carbonyl (C=O) groups is 2. The van der Waals surface area contributed by atoms with Gasteiger partial charge in [-0.25, -0.2) is 0 Å². The van der Waals surface area contributed by atoms with E-state index in [-0.39, 0.29) is 11.8 Å². The van der Waals surface area contributed by atoms with Crippen molar-refractivity contribution in [3.05, 3.63) is 24.3 Å². The summed E-state index contributed by atoms with van der Waals surface area (Å²) in [6.07, 6.45) is 8.61. The minimum Gasteiger partial charge on any atom is -0.372 e. The van der Waals surface area contributed by atoms with Crippen LogP contribution in [-0.4, -0.2) is 49.4 Å². The van der Waals surface area contributed by atoms with Gasteiger partial charge in [0, 0.05) is 37.4 Å². The van der Waals surface area contributed by atoms with Crippen molar-refractivity contribution in [3.63, 3.8) is 0 Å². The number of amides is 2. The Bertz CT molecular complexity index is 638. The highest BCUT2D eigenvalue weighted by Crippen LogP contribution is 2.23. The Morgan fingerprint density at radius 2 is 1.71 bits per heavy atom. The maximum atomic E-state index is 12.4. The highest BCUT2D eigenvalue weighted by atomic mass is 16.2. The zero-order valence-electron chi connectivity index (χ0n) is 16.9. The molecule has 154 valence electrons. The molecule has 3 rings (SSSR count). The first-order valence-corrected chi connectivity index (χ1v) is 10.8. The zero-order chi connectivity index (χ0) is 19.8. The largest absolute Gasteiger partial charge is 0.372 e. The summed E-state index contributed by atoms with van der Waals surface area (Å²) in [4.78, 5) is 28.1. The Hall–Kier alpha value is -2.08. The van der Waals surface area contributed by atoms with Gasteiger partial charge in [0.15, 0.2) is 0 Å². The van der Waals surface area contributed by atoms with Crippen LogP contribution in [0.15, 0.2) is 24.3 Å². The van der Waals surface area contributed by atoms with Crippen LogP contribution in [-0.2, 0) is 9.59 Å². The van der Waals surface area contributed by atoms with Crippen molar-refractivity contribution in [3.8, 4) is 0 Å². The second-order valence-electron chi connectivity index (χ2n) is 8.24. The standard InChI is InChI=1S/C22H34N4O2/c23-21(27)12-7-18-6-5-13-25(16-18)17-22(28)24-19-8-10-20(11-9-19)26-14-3-1-2-4-15-26/h8-11,18H,1-7,12-17H2,(H2,23,27)(H,24,28). The summed E-state index contributed by atoms with van der Waals surface area (Å²) in [7, 11) is 0. The van der Waals surface area contributed by atoms with Crippen molar-refractivity contribution < 1.29 is 9.59 Å². The van der Waals surface area contributed by atoms with Crippen LogP contribution >= 0.6 is 0 Å². The van der Waals surface area contributed by atoms with Crippen LogP contribution in [0.4, 0.5) is 11.4 Å². The number of hydrogen-bond donors (Lipinski definition) is 2. The molecule has 2 aliphatic heterocycles. The summed E-state index contributed by atoms with van der Waals surface area (Å²) in [5.74, 6) is 0.249. The van der Waals surface area contributed by atoms with Crippen molar-refractivity contribution in [2.75, 3.05) is 42.9 Å². The van der Waals surface area contributed by atoms with Crippen LogP contribution in [0.2, 0.25) is 0 Å². The first kappa shape index (κ1) is 20.6. The minimum atomic E-state index is -0.238. The molecule has 0 aromatic heterocycles. The summed E-state index contributed by atoms with van der Waals surface area (Å²) in [5, 5.41) is 3.02. The Labute approximate surface area is 168 Å². The molecular weight excluding hydrogens is 352 g/mol. The van der Waals surface area contributed by atoms with E-state index in [1.54, 1.807) is 0 Å². The molecule has 2 amide bonds. The van der Waals surface area contributed by atoms with Gasteiger partial charge in [-0.05, 0) is 68.8 Å². The van der Waals surface area contributed by atoms with Crippen molar-refractivity contribution >= 4 is 23.2 Å². The van der Waals surface area contributed by atoms with Crippen molar-refractivity contribution in [2.45, 2.75) is 51.4 Å². The van der Waals surface area contributed by atoms with Gasteiger partial charge in [0.2, 0.25) is 11.8 Å². The summed E-state index contributed by atoms with van der Waals surface area (Å²) in [6, 6.07) is 8.23. The molecule has 6 heteroatoms. The van der Waals surface area contributed by atoms with Gasteiger partial charge in [-0.2, -0.15) is 0 Å². The molecule has 0 aliphatic carbocycles. The monoisotopic (exact) mass is 386 g/mol. The Morgan fingerprint density at radius 3 is 2.39 bits per heavy atom. The fourth-order valence-electron chi connectivity index (χ4n) is 4.36. The number of likely N-dealkylation sites (tertiary alicyclic amines) is 1. The number of primary amides is 1. The number of nitrogens with one attached hydrogen (secondary N) is 1. The first-order valence-electron chi connectivity index (χ1n) is 10.8. The minimum absolute atomic E-state index is 0.0260. The molecule has 1 unspecified atom stereocenters. The highest BCUT2D eigenvalue weighted by molar-refractivity contribution is 5.92. The molecule has 28 heavy (non-hydrogen) atoms. The van der Waals surface area contributed by atoms with Gasteiger partial charge in [0.25, 0.3) is 0 Å². The number of carbonyl (C=O) groups excluding carboxylic acids is 2. The van der Waals surface area contributed by atoms with Crippen molar-refractivity contribution in [1.29, 1.82) is 0 Å². The number of nitrogens with two attached hydrogens (primary N) is 1. The lowest BCUT2D eigenvalue weighted by Gasteiger charge is -2.32. The molecule has 2 saturated heterocycles. The molecule has 2 heterocycles. The van der Waals surface area contributed by atoms with E-state index in [9.17, 15) is 9.59 Å². The number of piperidine rings is 1. The molecule has 1 aromatic rings. The molecule has 0 radical (unpaired) electrons. The smallest absolute Gasteiger partial charge is 0.238 e. The lowest BCUT2D eigenvalue weighted by molar-refractivity contribution is -0.119. The number of nitrogens with zero attached hydrogens (tertiary/aromatic N) is 2. The predicted molar refractivity (Wildman–Crippen MR) is 113 cm³/mol. The molecule has 3 N–H and O–H groups in total. The van der Waals surface area contributed by atoms with Crippen LogP contribution < -0.4 is 16.0 Å². The lowest BCUT2D eigenvalue weighted by atomic mass is 9.93. The summed E-state index contributed by atoms with van der Waals surface area (Å²) in [5.41, 5.74) is 7.35. The molecular formula is C22H34N4O2. The quantitative estimate of drug-likeness (QED) is 0.755. The fourth-order valence-corrected chi connectivity index (χ4v) is 4.36. The summed E-state index contributed by atoms with van der Waals surface area (Å²) >= 11 is 0. The molecule has 0 saturated carbocycles. The van der Waals surface area contributed by atoms with Crippen LogP contribution in [0.5, 0.6) is 0 Å². The van der Waals surface area contributed by atoms with Gasteiger partial charge >= 0.3 is 0 Å². The third-order valence-corrected chi connectivity index (χ3v) is 5.89. The molecule has 1 aromatic carbocycles. The number of rotatable bonds is 7. The van der Waals surface area contributed by atoms with Crippen molar-refractivity contribution in [2.24, 2.45) is 11.7 Å². The molecule has 0 bridgehead atoms. The van der Waals surface area contributed by atoms with Gasteiger partial charge in [-0.3, -0.25) is 14.5 Å². The third kappa shape index (κ3) is 6.51. The van der Waals surface area contributed by atoms with E-state index in [4.69, 9.17) is 5.73 Å². The van der Waals surface area contributed by atoms with Gasteiger partial charge in [0.1, 0.15) is 0 Å². The summed E-state index contributed by atoms with van der Waals surface area (Å²) < 4.78 is 0. The maximum absolute atomic E-state index is 12.4. The van der Waals surface area contributed by atoms with E-state index in [0.29, 0.717) is 18.9 Å². The van der Waals surface area contributed by atoms with Gasteiger partial charge < -0.3 is 16.0 Å². The summed E-state index contributed by atoms with van der Waals surface area (Å²) in [6.45, 7) is 4.46. The van der Waals surface area contributed by atoms with E-state index in [1.807, 2.05) is 12.1 Å². The van der Waals surface area contributed by atoms with E-state index in [0.717, 1.165) is 51.1 Å². The molecule has 2 aliphatic rings. The molecule has 2 fully saturated rings. The van der Waals surface area contributed by atoms with E-state index >= 15 is 0 Å². The highest BCUT2D eigenvalue weighted by Gasteiger charge is 2.22. The zero-order valence-corrected chi connectivity index (χ0v) is 16.9. The average molecular weight is 387 g/mol. The van der Waals surface area contributed by atoms with Crippen LogP contribution in [0, 0.1) is 5.92 Å². The van der Waals surface area contributed by atoms with E-state index in [1.165, 1.54) is 31.4 Å². The second kappa shape index (κ2) is 10.5. The first-order chi connectivity index (χ1) is 13.6. The van der Waals surface area contributed by atoms with Gasteiger partial charge in [0.05, 0.1) is 6.54 Å². The second-order valence-corrected chi connectivity index (χ2v) is 8.24. The lowest BCUT2D eigenvalue weighted by Crippen LogP contribution is -2.40. The van der Waals surface area contributed by atoms with E-state index in [2.05, 4.69) is 27.2 Å². The van der Waals surface area contributed by atoms with Crippen LogP contribution in [0.25, 0.3) is 0 Å². The maximum Gasteiger partial charge on any atom is 0.238 e. The Kier molecular flexibility index (Phi) is 7.71.